The third-order valence-corrected chi connectivity index (χ3v) is 3.72. The minimum atomic E-state index is -0.767. The van der Waals surface area contributed by atoms with E-state index in [0.29, 0.717) is 11.4 Å². The lowest BCUT2D eigenvalue weighted by Gasteiger charge is -2.16. The van der Waals surface area contributed by atoms with Crippen LogP contribution >= 0.6 is 0 Å². The van der Waals surface area contributed by atoms with E-state index in [-0.39, 0.29) is 23.8 Å². The molecule has 1 aliphatic heterocycles. The number of carbonyl (C=O) groups is 2. The topological polar surface area (TPSA) is 125 Å². The van der Waals surface area contributed by atoms with Crippen molar-refractivity contribution in [3.05, 3.63) is 58.6 Å². The van der Waals surface area contributed by atoms with Crippen LogP contribution in [-0.2, 0) is 9.59 Å². The Balaban J connectivity index is 1.66. The summed E-state index contributed by atoms with van der Waals surface area (Å²) in [5.74, 6) is -0.749. The summed E-state index contributed by atoms with van der Waals surface area (Å²) in [6, 6.07) is 10.6. The van der Waals surface area contributed by atoms with Crippen LogP contribution in [0.15, 0.2) is 48.5 Å². The third-order valence-electron chi connectivity index (χ3n) is 3.72. The lowest BCUT2D eigenvalue weighted by atomic mass is 10.2. The Kier molecular flexibility index (Phi) is 4.31. The maximum absolute atomic E-state index is 12.4. The maximum atomic E-state index is 12.4. The van der Waals surface area contributed by atoms with Crippen LogP contribution in [0.1, 0.15) is 6.42 Å². The largest absolute Gasteiger partial charge is 0.508 e. The molecule has 25 heavy (non-hydrogen) atoms. The SMILES string of the molecule is O=C1C[C@@H](NNc2ccc([N+](=O)[O-])cc2)C(=O)N1c1ccc(O)cc1. The summed E-state index contributed by atoms with van der Waals surface area (Å²) in [6.45, 7) is 0. The van der Waals surface area contributed by atoms with Gasteiger partial charge in [-0.1, -0.05) is 0 Å². The first-order valence-electron chi connectivity index (χ1n) is 7.37. The molecule has 2 aromatic rings. The zero-order chi connectivity index (χ0) is 18.0. The molecule has 1 aliphatic rings. The molecule has 0 unspecified atom stereocenters. The number of phenolic OH excluding ortho intramolecular Hbond substituents is 1. The summed E-state index contributed by atoms with van der Waals surface area (Å²) in [5, 5.41) is 19.9. The molecular weight excluding hydrogens is 328 g/mol. The summed E-state index contributed by atoms with van der Waals surface area (Å²) < 4.78 is 0. The van der Waals surface area contributed by atoms with Gasteiger partial charge in [0.25, 0.3) is 11.6 Å². The Morgan fingerprint density at radius 1 is 1.08 bits per heavy atom. The molecule has 3 N–H and O–H groups in total. The number of benzene rings is 2. The lowest BCUT2D eigenvalue weighted by molar-refractivity contribution is -0.384. The van der Waals surface area contributed by atoms with E-state index in [1.807, 2.05) is 0 Å². The quantitative estimate of drug-likeness (QED) is 0.428. The molecule has 1 heterocycles. The van der Waals surface area contributed by atoms with E-state index >= 15 is 0 Å². The second-order valence-electron chi connectivity index (χ2n) is 5.41. The fourth-order valence-corrected chi connectivity index (χ4v) is 2.45. The van der Waals surface area contributed by atoms with Crippen LogP contribution in [0, 0.1) is 10.1 Å². The Bertz CT molecular complexity index is 819. The van der Waals surface area contributed by atoms with E-state index in [4.69, 9.17) is 0 Å². The first-order chi connectivity index (χ1) is 12.0. The van der Waals surface area contributed by atoms with Crippen molar-refractivity contribution in [2.45, 2.75) is 12.5 Å². The van der Waals surface area contributed by atoms with Gasteiger partial charge >= 0.3 is 0 Å². The maximum Gasteiger partial charge on any atom is 0.269 e. The third kappa shape index (κ3) is 3.40. The van der Waals surface area contributed by atoms with E-state index in [1.165, 1.54) is 48.5 Å². The summed E-state index contributed by atoms with van der Waals surface area (Å²) >= 11 is 0. The van der Waals surface area contributed by atoms with Crippen molar-refractivity contribution in [2.24, 2.45) is 0 Å². The summed E-state index contributed by atoms with van der Waals surface area (Å²) in [4.78, 5) is 35.7. The van der Waals surface area contributed by atoms with Gasteiger partial charge in [0.05, 0.1) is 17.0 Å². The number of nitrogens with zero attached hydrogens (tertiary/aromatic N) is 2. The van der Waals surface area contributed by atoms with Gasteiger partial charge in [-0.3, -0.25) is 19.7 Å². The average molecular weight is 342 g/mol. The first-order valence-corrected chi connectivity index (χ1v) is 7.37. The molecule has 0 saturated carbocycles. The molecule has 9 heteroatoms. The molecule has 3 rings (SSSR count). The number of hydrogen-bond donors (Lipinski definition) is 3. The molecule has 1 saturated heterocycles. The number of hydrogen-bond acceptors (Lipinski definition) is 7. The van der Waals surface area contributed by atoms with Crippen molar-refractivity contribution < 1.29 is 19.6 Å². The second kappa shape index (κ2) is 6.57. The van der Waals surface area contributed by atoms with Crippen molar-refractivity contribution in [1.29, 1.82) is 0 Å². The van der Waals surface area contributed by atoms with Gasteiger partial charge in [-0.2, -0.15) is 0 Å². The van der Waals surface area contributed by atoms with E-state index in [9.17, 15) is 24.8 Å². The van der Waals surface area contributed by atoms with Gasteiger partial charge in [-0.25, -0.2) is 10.3 Å². The second-order valence-corrected chi connectivity index (χ2v) is 5.41. The van der Waals surface area contributed by atoms with Crippen molar-refractivity contribution in [1.82, 2.24) is 5.43 Å². The van der Waals surface area contributed by atoms with Crippen molar-refractivity contribution in [3.8, 4) is 5.75 Å². The number of aromatic hydroxyl groups is 1. The molecule has 0 aromatic heterocycles. The number of phenols is 1. The van der Waals surface area contributed by atoms with E-state index < -0.39 is 16.9 Å². The number of nitro benzene ring substituents is 1. The van der Waals surface area contributed by atoms with Gasteiger partial charge < -0.3 is 10.5 Å². The highest BCUT2D eigenvalue weighted by atomic mass is 16.6. The molecule has 2 amide bonds. The molecule has 9 nitrogen and oxygen atoms in total. The highest BCUT2D eigenvalue weighted by Gasteiger charge is 2.39. The molecule has 0 bridgehead atoms. The predicted molar refractivity (Wildman–Crippen MR) is 88.9 cm³/mol. The predicted octanol–water partition coefficient (Wildman–Crippen LogP) is 1.55. The highest BCUT2D eigenvalue weighted by molar-refractivity contribution is 6.22. The fraction of sp³-hybridized carbons (Fsp3) is 0.125. The van der Waals surface area contributed by atoms with Crippen LogP contribution in [-0.4, -0.2) is 27.9 Å². The van der Waals surface area contributed by atoms with Gasteiger partial charge in [0.15, 0.2) is 0 Å². The molecular formula is C16H14N4O5. The van der Waals surface area contributed by atoms with Crippen molar-refractivity contribution in [2.75, 3.05) is 10.3 Å². The van der Waals surface area contributed by atoms with Crippen LogP contribution in [0.2, 0.25) is 0 Å². The Morgan fingerprint density at radius 3 is 2.32 bits per heavy atom. The number of amides is 2. The molecule has 2 aromatic carbocycles. The number of anilines is 2. The van der Waals surface area contributed by atoms with E-state index in [0.717, 1.165) is 4.90 Å². The van der Waals surface area contributed by atoms with Crippen LogP contribution in [0.25, 0.3) is 0 Å². The zero-order valence-corrected chi connectivity index (χ0v) is 12.9. The number of nitrogens with one attached hydrogen (secondary N) is 2. The molecule has 1 atom stereocenters. The van der Waals surface area contributed by atoms with Gasteiger partial charge in [-0.05, 0) is 36.4 Å². The summed E-state index contributed by atoms with van der Waals surface area (Å²) in [7, 11) is 0. The Hall–Kier alpha value is -3.46. The number of nitro groups is 1. The minimum absolute atomic E-state index is 0.0281. The molecule has 1 fully saturated rings. The monoisotopic (exact) mass is 342 g/mol. The van der Waals surface area contributed by atoms with Crippen molar-refractivity contribution >= 4 is 28.9 Å². The zero-order valence-electron chi connectivity index (χ0n) is 12.9. The van der Waals surface area contributed by atoms with Crippen LogP contribution in [0.4, 0.5) is 17.1 Å². The van der Waals surface area contributed by atoms with Gasteiger partial charge in [0, 0.05) is 17.8 Å². The number of imide groups is 1. The molecule has 0 radical (unpaired) electrons. The number of carbonyl (C=O) groups excluding carboxylic acids is 2. The van der Waals surface area contributed by atoms with Crippen LogP contribution in [0.5, 0.6) is 5.75 Å². The van der Waals surface area contributed by atoms with Gasteiger partial charge in [0.2, 0.25) is 5.91 Å². The molecule has 0 aliphatic carbocycles. The van der Waals surface area contributed by atoms with E-state index in [1.54, 1.807) is 0 Å². The first kappa shape index (κ1) is 16.4. The van der Waals surface area contributed by atoms with Crippen LogP contribution in [0.3, 0.4) is 0 Å². The number of hydrazine groups is 1. The minimum Gasteiger partial charge on any atom is -0.508 e. The number of non-ortho nitro benzene ring substituents is 1. The fourth-order valence-electron chi connectivity index (χ4n) is 2.45. The van der Waals surface area contributed by atoms with Crippen molar-refractivity contribution in [3.63, 3.8) is 0 Å². The number of rotatable bonds is 5. The Morgan fingerprint density at radius 2 is 1.72 bits per heavy atom. The lowest BCUT2D eigenvalue weighted by Crippen LogP contribution is -2.41. The smallest absolute Gasteiger partial charge is 0.269 e. The summed E-state index contributed by atoms with van der Waals surface area (Å²) in [5.41, 5.74) is 6.39. The Labute approximate surface area is 142 Å². The van der Waals surface area contributed by atoms with Gasteiger partial charge in [0.1, 0.15) is 11.8 Å². The summed E-state index contributed by atoms with van der Waals surface area (Å²) in [6.07, 6.45) is -0.0281. The van der Waals surface area contributed by atoms with Crippen LogP contribution < -0.4 is 15.8 Å². The van der Waals surface area contributed by atoms with E-state index in [2.05, 4.69) is 10.9 Å². The molecule has 128 valence electrons. The standard InChI is InChI=1S/C16H14N4O5/c21-13-7-5-11(6-8-13)19-15(22)9-14(16(19)23)18-17-10-1-3-12(4-2-10)20(24)25/h1-8,14,17-18,21H,9H2/t14-/m1/s1. The van der Waals surface area contributed by atoms with Gasteiger partial charge in [-0.15, -0.1) is 0 Å². The average Bonchev–Trinajstić information content (AvgIpc) is 2.88. The highest BCUT2D eigenvalue weighted by Crippen LogP contribution is 2.25. The normalized spacial score (nSPS) is 17.0. The molecule has 0 spiro atoms.